The van der Waals surface area contributed by atoms with Crippen LogP contribution in [0.2, 0.25) is 0 Å². The summed E-state index contributed by atoms with van der Waals surface area (Å²) in [4.78, 5) is 10.7. The molecular weight excluding hydrogens is 275 g/mol. The van der Waals surface area contributed by atoms with Crippen molar-refractivity contribution in [3.63, 3.8) is 0 Å². The predicted octanol–water partition coefficient (Wildman–Crippen LogP) is 1.64. The first-order valence-corrected chi connectivity index (χ1v) is 7.02. The predicted molar refractivity (Wildman–Crippen MR) is 66.6 cm³/mol. The van der Waals surface area contributed by atoms with Crippen molar-refractivity contribution < 1.29 is 27.4 Å². The van der Waals surface area contributed by atoms with E-state index in [1.165, 1.54) is 21.0 Å². The largest absolute Gasteiger partial charge is 0.478 e. The fraction of sp³-hybridized carbons (Fsp3) is 0.417. The van der Waals surface area contributed by atoms with Gasteiger partial charge in [0.1, 0.15) is 5.82 Å². The van der Waals surface area contributed by atoms with Gasteiger partial charge in [0.15, 0.2) is 9.84 Å². The molecule has 0 aliphatic carbocycles. The van der Waals surface area contributed by atoms with Crippen LogP contribution in [0.3, 0.4) is 0 Å². The molecule has 5 nitrogen and oxygen atoms in total. The Kier molecular flexibility index (Phi) is 4.65. The first-order chi connectivity index (χ1) is 8.71. The molecule has 7 heteroatoms. The summed E-state index contributed by atoms with van der Waals surface area (Å²) >= 11 is 0. The van der Waals surface area contributed by atoms with Gasteiger partial charge in [-0.3, -0.25) is 0 Å². The van der Waals surface area contributed by atoms with E-state index in [1.54, 1.807) is 0 Å². The number of aryl methyl sites for hydroxylation is 1. The van der Waals surface area contributed by atoms with Crippen LogP contribution in [0.1, 0.15) is 22.8 Å². The Labute approximate surface area is 110 Å². The van der Waals surface area contributed by atoms with E-state index >= 15 is 0 Å². The molecule has 106 valence electrons. The maximum absolute atomic E-state index is 13.6. The first-order valence-electron chi connectivity index (χ1n) is 5.48. The van der Waals surface area contributed by atoms with Gasteiger partial charge in [-0.25, -0.2) is 17.6 Å². The molecule has 0 aromatic heterocycles. The van der Waals surface area contributed by atoms with Gasteiger partial charge in [0.2, 0.25) is 0 Å². The lowest BCUT2D eigenvalue weighted by Crippen LogP contribution is -2.23. The smallest absolute Gasteiger partial charge is 0.338 e. The molecule has 1 N–H and O–H groups in total. The zero-order valence-electron chi connectivity index (χ0n) is 10.8. The standard InChI is InChI=1S/C12H15FO5S/c1-7-4-9(5-10(11(7)13)12(14)15)19(16,17)8(2)6-18-3/h4-5,8H,6H2,1-3H3,(H,14,15). The quantitative estimate of drug-likeness (QED) is 0.834. The van der Waals surface area contributed by atoms with E-state index in [9.17, 15) is 17.6 Å². The number of carboxylic acids is 1. The number of aromatic carboxylic acids is 1. The van der Waals surface area contributed by atoms with Gasteiger partial charge in [-0.1, -0.05) is 0 Å². The van der Waals surface area contributed by atoms with Crippen molar-refractivity contribution >= 4 is 15.8 Å². The fourth-order valence-corrected chi connectivity index (χ4v) is 3.02. The number of halogens is 1. The Morgan fingerprint density at radius 2 is 2.05 bits per heavy atom. The molecule has 1 atom stereocenters. The van der Waals surface area contributed by atoms with E-state index in [2.05, 4.69) is 0 Å². The second-order valence-electron chi connectivity index (χ2n) is 4.22. The van der Waals surface area contributed by atoms with Crippen molar-refractivity contribution in [1.82, 2.24) is 0 Å². The third kappa shape index (κ3) is 3.10. The summed E-state index contributed by atoms with van der Waals surface area (Å²) in [6, 6.07) is 1.97. The Balaban J connectivity index is 3.40. The summed E-state index contributed by atoms with van der Waals surface area (Å²) in [7, 11) is -2.39. The Morgan fingerprint density at radius 1 is 1.47 bits per heavy atom. The fourth-order valence-electron chi connectivity index (χ4n) is 1.61. The van der Waals surface area contributed by atoms with E-state index in [4.69, 9.17) is 9.84 Å². The van der Waals surface area contributed by atoms with Crippen LogP contribution in [-0.2, 0) is 14.6 Å². The third-order valence-corrected chi connectivity index (χ3v) is 4.81. The summed E-state index contributed by atoms with van der Waals surface area (Å²) in [5.74, 6) is -2.43. The molecule has 0 amide bonds. The van der Waals surface area contributed by atoms with Gasteiger partial charge >= 0.3 is 5.97 Å². The maximum Gasteiger partial charge on any atom is 0.338 e. The van der Waals surface area contributed by atoms with Crippen LogP contribution in [-0.4, -0.2) is 38.5 Å². The minimum Gasteiger partial charge on any atom is -0.478 e. The molecule has 0 bridgehead atoms. The van der Waals surface area contributed by atoms with Crippen LogP contribution in [0.5, 0.6) is 0 Å². The van der Waals surface area contributed by atoms with Crippen molar-refractivity contribution in [2.24, 2.45) is 0 Å². The van der Waals surface area contributed by atoms with E-state index < -0.39 is 32.4 Å². The zero-order chi connectivity index (χ0) is 14.8. The molecule has 0 aliphatic heterocycles. The molecule has 0 saturated heterocycles. The number of benzene rings is 1. The molecule has 0 radical (unpaired) electrons. The van der Waals surface area contributed by atoms with E-state index in [-0.39, 0.29) is 17.1 Å². The van der Waals surface area contributed by atoms with Crippen LogP contribution < -0.4 is 0 Å². The first kappa shape index (κ1) is 15.6. The van der Waals surface area contributed by atoms with Gasteiger partial charge in [-0.2, -0.15) is 0 Å². The number of carbonyl (C=O) groups is 1. The maximum atomic E-state index is 13.6. The summed E-state index contributed by atoms with van der Waals surface area (Å²) in [6.07, 6.45) is 0. The highest BCUT2D eigenvalue weighted by Gasteiger charge is 2.26. The molecular formula is C12H15FO5S. The summed E-state index contributed by atoms with van der Waals surface area (Å²) in [5.41, 5.74) is -0.675. The van der Waals surface area contributed by atoms with E-state index in [0.29, 0.717) is 0 Å². The number of hydrogen-bond acceptors (Lipinski definition) is 4. The van der Waals surface area contributed by atoms with E-state index in [1.807, 2.05) is 0 Å². The SMILES string of the molecule is COCC(C)S(=O)(=O)c1cc(C)c(F)c(C(=O)O)c1. The van der Waals surface area contributed by atoms with Crippen LogP contribution in [0, 0.1) is 12.7 Å². The second kappa shape index (κ2) is 5.66. The van der Waals surface area contributed by atoms with Crippen molar-refractivity contribution in [1.29, 1.82) is 0 Å². The van der Waals surface area contributed by atoms with Crippen LogP contribution in [0.4, 0.5) is 4.39 Å². The number of carboxylic acid groups (broad SMARTS) is 1. The Bertz CT molecular complexity index is 594. The highest BCUT2D eigenvalue weighted by atomic mass is 32.2. The van der Waals surface area contributed by atoms with Gasteiger partial charge in [-0.05, 0) is 31.5 Å². The molecule has 1 aromatic rings. The lowest BCUT2D eigenvalue weighted by Gasteiger charge is -2.13. The highest BCUT2D eigenvalue weighted by molar-refractivity contribution is 7.92. The van der Waals surface area contributed by atoms with Crippen LogP contribution in [0.25, 0.3) is 0 Å². The van der Waals surface area contributed by atoms with Gasteiger partial charge < -0.3 is 9.84 Å². The van der Waals surface area contributed by atoms with Gasteiger partial charge in [-0.15, -0.1) is 0 Å². The summed E-state index contributed by atoms with van der Waals surface area (Å²) < 4.78 is 42.7. The molecule has 1 aromatic carbocycles. The van der Waals surface area contributed by atoms with Crippen LogP contribution in [0.15, 0.2) is 17.0 Å². The van der Waals surface area contributed by atoms with Gasteiger partial charge in [0.25, 0.3) is 0 Å². The van der Waals surface area contributed by atoms with Crippen molar-refractivity contribution in [2.75, 3.05) is 13.7 Å². The second-order valence-corrected chi connectivity index (χ2v) is 6.58. The number of methoxy groups -OCH3 is 1. The summed E-state index contributed by atoms with van der Waals surface area (Å²) in [6.45, 7) is 2.74. The van der Waals surface area contributed by atoms with Crippen molar-refractivity contribution in [3.05, 3.63) is 29.1 Å². The van der Waals surface area contributed by atoms with E-state index in [0.717, 1.165) is 12.1 Å². The number of ether oxygens (including phenoxy) is 1. The van der Waals surface area contributed by atoms with Gasteiger partial charge in [0.05, 0.1) is 22.3 Å². The normalized spacial score (nSPS) is 13.3. The summed E-state index contributed by atoms with van der Waals surface area (Å²) in [5, 5.41) is 8.02. The molecule has 1 unspecified atom stereocenters. The molecule has 0 saturated carbocycles. The lowest BCUT2D eigenvalue weighted by atomic mass is 10.1. The number of sulfone groups is 1. The lowest BCUT2D eigenvalue weighted by molar-refractivity contribution is 0.0691. The molecule has 0 fully saturated rings. The molecule has 0 heterocycles. The minimum absolute atomic E-state index is 0.0249. The molecule has 1 rings (SSSR count). The van der Waals surface area contributed by atoms with Crippen molar-refractivity contribution in [2.45, 2.75) is 24.0 Å². The van der Waals surface area contributed by atoms with Gasteiger partial charge in [0, 0.05) is 7.11 Å². The molecule has 0 aliphatic rings. The molecule has 19 heavy (non-hydrogen) atoms. The topological polar surface area (TPSA) is 80.7 Å². The Hall–Kier alpha value is -1.47. The molecule has 0 spiro atoms. The van der Waals surface area contributed by atoms with Crippen LogP contribution >= 0.6 is 0 Å². The number of hydrogen-bond donors (Lipinski definition) is 1. The monoisotopic (exact) mass is 290 g/mol. The average molecular weight is 290 g/mol. The minimum atomic E-state index is -3.75. The Morgan fingerprint density at radius 3 is 2.53 bits per heavy atom. The third-order valence-electron chi connectivity index (χ3n) is 2.72. The highest BCUT2D eigenvalue weighted by Crippen LogP contribution is 2.22. The number of rotatable bonds is 5. The van der Waals surface area contributed by atoms with Crippen molar-refractivity contribution in [3.8, 4) is 0 Å². The average Bonchev–Trinajstić information content (AvgIpc) is 2.32. The zero-order valence-corrected chi connectivity index (χ0v) is 11.6.